The number of nitrogen functional groups attached to an aromatic ring is 1. The largest absolute Gasteiger partial charge is 0.368 e. The van der Waals surface area contributed by atoms with E-state index in [9.17, 15) is 0 Å². The first kappa shape index (κ1) is 10.1. The Labute approximate surface area is 101 Å². The average molecular weight is 247 g/mol. The van der Waals surface area contributed by atoms with E-state index < -0.39 is 0 Å². The van der Waals surface area contributed by atoms with Gasteiger partial charge in [0.25, 0.3) is 0 Å². The van der Waals surface area contributed by atoms with E-state index in [1.54, 1.807) is 12.5 Å². The molecule has 3 rings (SSSR count). The Morgan fingerprint density at radius 1 is 1.35 bits per heavy atom. The Kier molecular flexibility index (Phi) is 2.22. The summed E-state index contributed by atoms with van der Waals surface area (Å²) in [7, 11) is 1.92. The topological polar surface area (TPSA) is 98.3 Å². The number of nitrogens with one attached hydrogen (secondary N) is 1. The molecule has 0 aliphatic carbocycles. The lowest BCUT2D eigenvalue weighted by Crippen LogP contribution is -1.98. The van der Waals surface area contributed by atoms with Crippen LogP contribution in [-0.4, -0.2) is 29.5 Å². The summed E-state index contributed by atoms with van der Waals surface area (Å²) in [6, 6.07) is 0. The quantitative estimate of drug-likeness (QED) is 0.650. The maximum atomic E-state index is 5.63. The molecule has 86 valence electrons. The molecule has 0 saturated heterocycles. The molecule has 3 aromatic rings. The minimum absolute atomic E-state index is 0.210. The van der Waals surface area contributed by atoms with Gasteiger partial charge in [-0.15, -0.1) is 0 Å². The van der Waals surface area contributed by atoms with Crippen molar-refractivity contribution in [3.8, 4) is 0 Å². The van der Waals surface area contributed by atoms with Crippen molar-refractivity contribution in [1.82, 2.24) is 29.5 Å². The minimum Gasteiger partial charge on any atom is -0.368 e. The number of aromatic nitrogens is 6. The zero-order chi connectivity index (χ0) is 11.8. The number of fused-ring (bicyclic) bond motifs is 1. The summed E-state index contributed by atoms with van der Waals surface area (Å²) in [6.45, 7) is 0. The number of aryl methyl sites for hydroxylation is 1. The number of rotatable bonds is 2. The first-order valence-corrected chi connectivity index (χ1v) is 5.67. The molecule has 17 heavy (non-hydrogen) atoms. The van der Waals surface area contributed by atoms with Crippen molar-refractivity contribution in [2.24, 2.45) is 7.05 Å². The molecule has 0 saturated carbocycles. The molecule has 8 heteroatoms. The smallest absolute Gasteiger partial charge is 0.223 e. The number of H-pyrrole nitrogens is 1. The fourth-order valence-electron chi connectivity index (χ4n) is 1.43. The van der Waals surface area contributed by atoms with Crippen LogP contribution in [0.3, 0.4) is 0 Å². The summed E-state index contributed by atoms with van der Waals surface area (Å²) in [6.07, 6.45) is 5.18. The van der Waals surface area contributed by atoms with E-state index in [0.717, 1.165) is 15.7 Å². The van der Waals surface area contributed by atoms with Gasteiger partial charge in [-0.25, -0.2) is 15.0 Å². The highest BCUT2D eigenvalue weighted by Gasteiger charge is 2.12. The Bertz CT molecular complexity index is 671. The summed E-state index contributed by atoms with van der Waals surface area (Å²) in [5.74, 6) is 0.210. The first-order valence-electron chi connectivity index (χ1n) is 4.86. The minimum atomic E-state index is 0.210. The zero-order valence-corrected chi connectivity index (χ0v) is 9.77. The van der Waals surface area contributed by atoms with Crippen LogP contribution >= 0.6 is 11.8 Å². The number of hydrogen-bond donors (Lipinski definition) is 2. The number of nitrogens with two attached hydrogens (primary N) is 1. The van der Waals surface area contributed by atoms with E-state index in [1.165, 1.54) is 11.8 Å². The third-order valence-electron chi connectivity index (χ3n) is 2.23. The summed E-state index contributed by atoms with van der Waals surface area (Å²) in [5, 5.41) is 1.55. The van der Waals surface area contributed by atoms with Gasteiger partial charge in [-0.1, -0.05) is 0 Å². The second kappa shape index (κ2) is 3.74. The molecule has 0 atom stereocenters. The van der Waals surface area contributed by atoms with Gasteiger partial charge in [0.05, 0.1) is 6.33 Å². The van der Waals surface area contributed by atoms with Crippen molar-refractivity contribution in [3.63, 3.8) is 0 Å². The van der Waals surface area contributed by atoms with Crippen molar-refractivity contribution in [2.45, 2.75) is 10.2 Å². The molecule has 3 heterocycles. The molecule has 0 unspecified atom stereocenters. The molecule has 0 aromatic carbocycles. The van der Waals surface area contributed by atoms with Crippen LogP contribution in [0.25, 0.3) is 11.2 Å². The summed E-state index contributed by atoms with van der Waals surface area (Å²) in [5.41, 5.74) is 6.97. The third kappa shape index (κ3) is 1.72. The summed E-state index contributed by atoms with van der Waals surface area (Å²) < 4.78 is 1.91. The lowest BCUT2D eigenvalue weighted by molar-refractivity contribution is 0.789. The zero-order valence-electron chi connectivity index (χ0n) is 8.95. The van der Waals surface area contributed by atoms with Crippen LogP contribution in [0.4, 0.5) is 5.95 Å². The van der Waals surface area contributed by atoms with Gasteiger partial charge in [-0.3, -0.25) is 0 Å². The van der Waals surface area contributed by atoms with Crippen molar-refractivity contribution in [1.29, 1.82) is 0 Å². The lowest BCUT2D eigenvalue weighted by atomic mass is 10.5. The molecule has 0 fully saturated rings. The molecular formula is C9H9N7S. The molecule has 0 spiro atoms. The van der Waals surface area contributed by atoms with Crippen LogP contribution in [0.1, 0.15) is 0 Å². The van der Waals surface area contributed by atoms with Gasteiger partial charge in [0.1, 0.15) is 10.5 Å². The standard InChI is InChI=1S/C9H9N7S/c1-16-3-2-11-9(16)17-7-5-6(13-4-12-5)14-8(10)15-7/h2-4H,1H3,(H3,10,12,13,14,15). The van der Waals surface area contributed by atoms with E-state index in [1.807, 2.05) is 17.8 Å². The van der Waals surface area contributed by atoms with E-state index in [2.05, 4.69) is 24.9 Å². The van der Waals surface area contributed by atoms with Gasteiger partial charge in [-0.2, -0.15) is 4.98 Å². The normalized spacial score (nSPS) is 11.1. The van der Waals surface area contributed by atoms with Crippen LogP contribution < -0.4 is 5.73 Å². The molecule has 3 N–H and O–H groups in total. The number of hydrogen-bond acceptors (Lipinski definition) is 6. The summed E-state index contributed by atoms with van der Waals surface area (Å²) >= 11 is 1.42. The number of anilines is 1. The van der Waals surface area contributed by atoms with Gasteiger partial charge >= 0.3 is 0 Å². The molecule has 0 bridgehead atoms. The molecule has 3 aromatic heterocycles. The van der Waals surface area contributed by atoms with Crippen LogP contribution in [0, 0.1) is 0 Å². The van der Waals surface area contributed by atoms with Crippen LogP contribution in [0.5, 0.6) is 0 Å². The Morgan fingerprint density at radius 3 is 3.00 bits per heavy atom. The summed E-state index contributed by atoms with van der Waals surface area (Å²) in [4.78, 5) is 19.5. The SMILES string of the molecule is Cn1ccnc1Sc1nc(N)nc2nc[nH]c12. The van der Waals surface area contributed by atoms with Crippen molar-refractivity contribution in [2.75, 3.05) is 5.73 Å². The van der Waals surface area contributed by atoms with Crippen LogP contribution in [-0.2, 0) is 7.05 Å². The maximum Gasteiger partial charge on any atom is 0.223 e. The highest BCUT2D eigenvalue weighted by Crippen LogP contribution is 2.28. The van der Waals surface area contributed by atoms with E-state index >= 15 is 0 Å². The molecule has 0 aliphatic heterocycles. The Hall–Kier alpha value is -2.09. The van der Waals surface area contributed by atoms with Crippen molar-refractivity contribution < 1.29 is 0 Å². The van der Waals surface area contributed by atoms with E-state index in [-0.39, 0.29) is 5.95 Å². The number of aromatic amines is 1. The second-order valence-electron chi connectivity index (χ2n) is 3.41. The fourth-order valence-corrected chi connectivity index (χ4v) is 2.32. The molecule has 0 radical (unpaired) electrons. The molecular weight excluding hydrogens is 238 g/mol. The van der Waals surface area contributed by atoms with Crippen LogP contribution in [0.2, 0.25) is 0 Å². The van der Waals surface area contributed by atoms with Gasteiger partial charge in [0.2, 0.25) is 5.95 Å². The lowest BCUT2D eigenvalue weighted by Gasteiger charge is -2.02. The Balaban J connectivity index is 2.11. The van der Waals surface area contributed by atoms with E-state index in [4.69, 9.17) is 5.73 Å². The highest BCUT2D eigenvalue weighted by molar-refractivity contribution is 7.99. The van der Waals surface area contributed by atoms with E-state index in [0.29, 0.717) is 5.65 Å². The first-order chi connectivity index (χ1) is 8.24. The van der Waals surface area contributed by atoms with Crippen molar-refractivity contribution in [3.05, 3.63) is 18.7 Å². The van der Waals surface area contributed by atoms with Gasteiger partial charge in [-0.05, 0) is 11.8 Å². The maximum absolute atomic E-state index is 5.63. The monoisotopic (exact) mass is 247 g/mol. The van der Waals surface area contributed by atoms with Gasteiger partial charge in [0.15, 0.2) is 10.8 Å². The number of nitrogens with zero attached hydrogens (tertiary/aromatic N) is 5. The fraction of sp³-hybridized carbons (Fsp3) is 0.111. The molecule has 0 amide bonds. The molecule has 0 aliphatic rings. The van der Waals surface area contributed by atoms with Gasteiger partial charge in [0, 0.05) is 19.4 Å². The average Bonchev–Trinajstić information content (AvgIpc) is 2.88. The second-order valence-corrected chi connectivity index (χ2v) is 4.37. The molecule has 7 nitrogen and oxygen atoms in total. The third-order valence-corrected chi connectivity index (χ3v) is 3.30. The number of imidazole rings is 2. The van der Waals surface area contributed by atoms with Crippen molar-refractivity contribution >= 4 is 28.9 Å². The Morgan fingerprint density at radius 2 is 2.24 bits per heavy atom. The van der Waals surface area contributed by atoms with Crippen LogP contribution in [0.15, 0.2) is 28.9 Å². The predicted octanol–water partition coefficient (Wildman–Crippen LogP) is 0.820. The van der Waals surface area contributed by atoms with Gasteiger partial charge < -0.3 is 15.3 Å². The predicted molar refractivity (Wildman–Crippen MR) is 63.4 cm³/mol. The highest BCUT2D eigenvalue weighted by atomic mass is 32.2.